The summed E-state index contributed by atoms with van der Waals surface area (Å²) in [7, 11) is -0.341. The predicted molar refractivity (Wildman–Crippen MR) is 80.9 cm³/mol. The van der Waals surface area contributed by atoms with Crippen molar-refractivity contribution in [1.29, 1.82) is 0 Å². The quantitative estimate of drug-likeness (QED) is 0.864. The third kappa shape index (κ3) is 2.75. The first-order valence-corrected chi connectivity index (χ1v) is 9.41. The largest absolute Gasteiger partial charge is 0.379 e. The van der Waals surface area contributed by atoms with Crippen LogP contribution in [0, 0.1) is 0 Å². The zero-order chi connectivity index (χ0) is 13.4. The van der Waals surface area contributed by atoms with Gasteiger partial charge in [-0.3, -0.25) is 4.79 Å². The molecule has 0 radical (unpaired) electrons. The maximum Gasteiger partial charge on any atom is 0.262 e. The molecule has 1 atom stereocenters. The van der Waals surface area contributed by atoms with Crippen molar-refractivity contribution in [2.24, 2.45) is 0 Å². The average Bonchev–Trinajstić information content (AvgIpc) is 3.24. The Morgan fingerprint density at radius 1 is 1.32 bits per heavy atom. The molecule has 0 amide bonds. The van der Waals surface area contributed by atoms with Gasteiger partial charge in [0, 0.05) is 12.8 Å². The van der Waals surface area contributed by atoms with E-state index in [0.29, 0.717) is 12.5 Å². The zero-order valence-electron chi connectivity index (χ0n) is 11.8. The molecule has 0 N–H and O–H groups in total. The molecule has 3 rings (SSSR count). The SMILES string of the molecule is C[SH](C)c1cc(C2CC2)cn(C2CCCOC2)c1=O. The number of nitrogens with zero attached hydrogens (tertiary/aromatic N) is 1. The molecule has 1 saturated heterocycles. The summed E-state index contributed by atoms with van der Waals surface area (Å²) in [5, 5.41) is 0. The molecule has 4 heteroatoms. The van der Waals surface area contributed by atoms with Crippen LogP contribution in [0.15, 0.2) is 22.0 Å². The fraction of sp³-hybridized carbons (Fsp3) is 0.667. The zero-order valence-corrected chi connectivity index (χ0v) is 12.7. The standard InChI is InChI=1S/C15H23NO2S/c1-19(2)14-8-12(11-5-6-11)9-16(15(14)17)13-4-3-7-18-10-13/h8-9,11,13,19H,3-7,10H2,1-2H3. The van der Waals surface area contributed by atoms with Gasteiger partial charge in [-0.05, 0) is 55.7 Å². The van der Waals surface area contributed by atoms with Crippen molar-refractivity contribution in [3.05, 3.63) is 28.2 Å². The molecule has 2 aliphatic rings. The Hall–Kier alpha value is -0.740. The van der Waals surface area contributed by atoms with E-state index in [1.54, 1.807) is 0 Å². The van der Waals surface area contributed by atoms with E-state index in [1.807, 2.05) is 4.57 Å². The number of ether oxygens (including phenoxy) is 1. The number of hydrogen-bond acceptors (Lipinski definition) is 2. The van der Waals surface area contributed by atoms with Gasteiger partial charge in [0.1, 0.15) is 0 Å². The summed E-state index contributed by atoms with van der Waals surface area (Å²) in [5.41, 5.74) is 1.59. The van der Waals surface area contributed by atoms with Gasteiger partial charge in [-0.15, -0.1) is 0 Å². The van der Waals surface area contributed by atoms with Crippen molar-refractivity contribution in [2.45, 2.75) is 42.5 Å². The van der Waals surface area contributed by atoms with Gasteiger partial charge in [-0.25, -0.2) is 10.9 Å². The van der Waals surface area contributed by atoms with E-state index < -0.39 is 0 Å². The minimum atomic E-state index is -0.341. The number of rotatable bonds is 3. The summed E-state index contributed by atoms with van der Waals surface area (Å²) in [5.74, 6) is 0.699. The van der Waals surface area contributed by atoms with Gasteiger partial charge in [-0.1, -0.05) is 0 Å². The summed E-state index contributed by atoms with van der Waals surface area (Å²) >= 11 is 0. The first-order valence-electron chi connectivity index (χ1n) is 7.18. The summed E-state index contributed by atoms with van der Waals surface area (Å²) in [6, 6.07) is 2.42. The van der Waals surface area contributed by atoms with E-state index in [0.717, 1.165) is 24.3 Å². The van der Waals surface area contributed by atoms with E-state index in [-0.39, 0.29) is 22.5 Å². The van der Waals surface area contributed by atoms with E-state index in [1.165, 1.54) is 18.4 Å². The molecule has 0 aromatic carbocycles. The smallest absolute Gasteiger partial charge is 0.262 e. The monoisotopic (exact) mass is 281 g/mol. The molecular formula is C15H23NO2S. The Balaban J connectivity index is 2.03. The molecule has 0 bridgehead atoms. The highest BCUT2D eigenvalue weighted by Gasteiger charge is 2.27. The van der Waals surface area contributed by atoms with Crippen LogP contribution in [-0.4, -0.2) is 30.3 Å². The van der Waals surface area contributed by atoms with Crippen LogP contribution in [0.3, 0.4) is 0 Å². The lowest BCUT2D eigenvalue weighted by molar-refractivity contribution is 0.0576. The number of aromatic nitrogens is 1. The van der Waals surface area contributed by atoms with Crippen LogP contribution < -0.4 is 5.56 Å². The molecular weight excluding hydrogens is 258 g/mol. The summed E-state index contributed by atoms with van der Waals surface area (Å²) in [6.45, 7) is 1.54. The number of thiol groups is 1. The van der Waals surface area contributed by atoms with Crippen molar-refractivity contribution in [3.8, 4) is 0 Å². The summed E-state index contributed by atoms with van der Waals surface area (Å²) < 4.78 is 7.53. The molecule has 2 fully saturated rings. The van der Waals surface area contributed by atoms with Crippen LogP contribution >= 0.6 is 10.9 Å². The molecule has 1 aliphatic heterocycles. The van der Waals surface area contributed by atoms with E-state index in [2.05, 4.69) is 24.8 Å². The molecule has 1 unspecified atom stereocenters. The van der Waals surface area contributed by atoms with Gasteiger partial charge in [0.05, 0.1) is 17.5 Å². The first-order chi connectivity index (χ1) is 9.16. The minimum absolute atomic E-state index is 0.219. The molecule has 1 saturated carbocycles. The topological polar surface area (TPSA) is 31.2 Å². The highest BCUT2D eigenvalue weighted by Crippen LogP contribution is 2.41. The molecule has 1 aromatic rings. The van der Waals surface area contributed by atoms with Crippen molar-refractivity contribution >= 4 is 10.9 Å². The van der Waals surface area contributed by atoms with Crippen LogP contribution in [-0.2, 0) is 4.74 Å². The first kappa shape index (κ1) is 13.3. The lowest BCUT2D eigenvalue weighted by Crippen LogP contribution is -2.31. The molecule has 19 heavy (non-hydrogen) atoms. The molecule has 2 heterocycles. The highest BCUT2D eigenvalue weighted by atomic mass is 32.2. The third-order valence-corrected chi connectivity index (χ3v) is 5.39. The maximum absolute atomic E-state index is 12.6. The Labute approximate surface area is 117 Å². The minimum Gasteiger partial charge on any atom is -0.379 e. The second kappa shape index (κ2) is 5.33. The van der Waals surface area contributed by atoms with E-state index in [4.69, 9.17) is 4.74 Å². The molecule has 0 spiro atoms. The number of hydrogen-bond donors (Lipinski definition) is 1. The van der Waals surface area contributed by atoms with Crippen LogP contribution in [0.4, 0.5) is 0 Å². The lowest BCUT2D eigenvalue weighted by Gasteiger charge is -2.26. The Morgan fingerprint density at radius 2 is 2.11 bits per heavy atom. The highest BCUT2D eigenvalue weighted by molar-refractivity contribution is 8.15. The van der Waals surface area contributed by atoms with Crippen LogP contribution in [0.5, 0.6) is 0 Å². The average molecular weight is 281 g/mol. The van der Waals surface area contributed by atoms with Crippen LogP contribution in [0.25, 0.3) is 0 Å². The van der Waals surface area contributed by atoms with Gasteiger partial charge < -0.3 is 9.30 Å². The fourth-order valence-corrected chi connectivity index (χ4v) is 3.69. The maximum atomic E-state index is 12.6. The van der Waals surface area contributed by atoms with Gasteiger partial charge in [0.15, 0.2) is 0 Å². The normalized spacial score (nSPS) is 24.3. The van der Waals surface area contributed by atoms with Crippen molar-refractivity contribution in [1.82, 2.24) is 4.57 Å². The van der Waals surface area contributed by atoms with E-state index in [9.17, 15) is 4.79 Å². The Morgan fingerprint density at radius 3 is 2.68 bits per heavy atom. The van der Waals surface area contributed by atoms with Gasteiger partial charge in [-0.2, -0.15) is 0 Å². The van der Waals surface area contributed by atoms with Crippen molar-refractivity contribution in [3.63, 3.8) is 0 Å². The summed E-state index contributed by atoms with van der Waals surface area (Å²) in [4.78, 5) is 13.7. The van der Waals surface area contributed by atoms with E-state index >= 15 is 0 Å². The van der Waals surface area contributed by atoms with Crippen LogP contribution in [0.2, 0.25) is 0 Å². The molecule has 1 aromatic heterocycles. The lowest BCUT2D eigenvalue weighted by atomic mass is 10.1. The second-order valence-electron chi connectivity index (χ2n) is 5.91. The third-order valence-electron chi connectivity index (χ3n) is 4.11. The van der Waals surface area contributed by atoms with Crippen molar-refractivity contribution in [2.75, 3.05) is 25.7 Å². The molecule has 1 aliphatic carbocycles. The predicted octanol–water partition coefficient (Wildman–Crippen LogP) is 2.70. The number of pyridine rings is 1. The van der Waals surface area contributed by atoms with Crippen molar-refractivity contribution < 1.29 is 4.74 Å². The Bertz CT molecular complexity index is 513. The summed E-state index contributed by atoms with van der Waals surface area (Å²) in [6.07, 6.45) is 11.1. The Kier molecular flexibility index (Phi) is 3.72. The fourth-order valence-electron chi connectivity index (χ4n) is 2.78. The van der Waals surface area contributed by atoms with Gasteiger partial charge in [0.2, 0.25) is 0 Å². The van der Waals surface area contributed by atoms with Gasteiger partial charge in [0.25, 0.3) is 5.56 Å². The molecule has 106 valence electrons. The molecule has 3 nitrogen and oxygen atoms in total. The van der Waals surface area contributed by atoms with Gasteiger partial charge >= 0.3 is 0 Å². The van der Waals surface area contributed by atoms with Crippen LogP contribution in [0.1, 0.15) is 43.2 Å². The second-order valence-corrected chi connectivity index (χ2v) is 8.18.